The molecule has 0 bridgehead atoms. The number of likely N-dealkylation sites (tertiary alicyclic amines) is 1. The first-order chi connectivity index (χ1) is 17.0. The van der Waals surface area contributed by atoms with Gasteiger partial charge in [-0.1, -0.05) is 0 Å². The molecule has 182 valence electrons. The van der Waals surface area contributed by atoms with E-state index in [1.165, 1.54) is 11.6 Å². The van der Waals surface area contributed by atoms with E-state index in [1.807, 2.05) is 33.2 Å². The van der Waals surface area contributed by atoms with Gasteiger partial charge in [-0.05, 0) is 83.0 Å². The minimum atomic E-state index is -0.366. The Morgan fingerprint density at radius 1 is 1.06 bits per heavy atom. The minimum Gasteiger partial charge on any atom is -0.494 e. The maximum Gasteiger partial charge on any atom is 0.152 e. The molecule has 1 aliphatic heterocycles. The molecule has 8 heteroatoms. The van der Waals surface area contributed by atoms with Gasteiger partial charge in [-0.25, -0.2) is 9.07 Å². The summed E-state index contributed by atoms with van der Waals surface area (Å²) in [5.41, 5.74) is 5.15. The van der Waals surface area contributed by atoms with Crippen LogP contribution in [0.15, 0.2) is 42.7 Å². The van der Waals surface area contributed by atoms with Crippen molar-refractivity contribution >= 4 is 10.9 Å². The third-order valence-electron chi connectivity index (χ3n) is 6.93. The second-order valence-corrected chi connectivity index (χ2v) is 9.16. The van der Waals surface area contributed by atoms with E-state index in [2.05, 4.69) is 32.2 Å². The number of piperidine rings is 1. The van der Waals surface area contributed by atoms with Gasteiger partial charge in [0.15, 0.2) is 5.82 Å². The van der Waals surface area contributed by atoms with Gasteiger partial charge in [-0.2, -0.15) is 15.3 Å². The summed E-state index contributed by atoms with van der Waals surface area (Å²) >= 11 is 0. The molecule has 7 nitrogen and oxygen atoms in total. The van der Waals surface area contributed by atoms with Gasteiger partial charge in [0.25, 0.3) is 0 Å². The highest BCUT2D eigenvalue weighted by Crippen LogP contribution is 2.34. The Morgan fingerprint density at radius 3 is 2.54 bits per heavy atom. The monoisotopic (exact) mass is 474 g/mol. The van der Waals surface area contributed by atoms with E-state index in [9.17, 15) is 4.39 Å². The van der Waals surface area contributed by atoms with Crippen molar-refractivity contribution in [2.75, 3.05) is 26.2 Å². The summed E-state index contributed by atoms with van der Waals surface area (Å²) in [6.45, 7) is 9.34. The Balaban J connectivity index is 1.38. The number of aryl methyl sites for hydroxylation is 2. The van der Waals surface area contributed by atoms with Crippen molar-refractivity contribution in [2.24, 2.45) is 0 Å². The molecule has 1 fully saturated rings. The van der Waals surface area contributed by atoms with Gasteiger partial charge in [-0.3, -0.25) is 4.98 Å². The molecule has 0 unspecified atom stereocenters. The fraction of sp³-hybridized carbons (Fsp3) is 0.407. The second kappa shape index (κ2) is 10.1. The summed E-state index contributed by atoms with van der Waals surface area (Å²) in [5, 5.41) is 14.9. The number of fused-ring (bicyclic) bond motifs is 1. The van der Waals surface area contributed by atoms with Crippen LogP contribution in [-0.2, 0) is 6.42 Å². The molecule has 0 radical (unpaired) electrons. The molecule has 1 aliphatic rings. The Morgan fingerprint density at radius 2 is 1.83 bits per heavy atom. The van der Waals surface area contributed by atoms with Crippen molar-refractivity contribution in [3.05, 3.63) is 71.2 Å². The lowest BCUT2D eigenvalue weighted by Crippen LogP contribution is -2.34. The number of benzene rings is 1. The predicted octanol–water partition coefficient (Wildman–Crippen LogP) is 4.79. The largest absolute Gasteiger partial charge is 0.494 e. The molecule has 4 heterocycles. The molecule has 4 aromatic rings. The van der Waals surface area contributed by atoms with Crippen LogP contribution in [0, 0.1) is 19.7 Å². The number of halogens is 1. The molecule has 0 spiro atoms. The molecule has 3 aromatic heterocycles. The van der Waals surface area contributed by atoms with E-state index in [0.29, 0.717) is 18.0 Å². The summed E-state index contributed by atoms with van der Waals surface area (Å²) in [6.07, 6.45) is 6.74. The zero-order valence-corrected chi connectivity index (χ0v) is 20.5. The highest BCUT2D eigenvalue weighted by Gasteiger charge is 2.27. The summed E-state index contributed by atoms with van der Waals surface area (Å²) in [4.78, 5) is 6.61. The Hall–Kier alpha value is -3.39. The third-order valence-corrected chi connectivity index (χ3v) is 6.93. The van der Waals surface area contributed by atoms with E-state index in [0.717, 1.165) is 66.9 Å². The van der Waals surface area contributed by atoms with E-state index in [4.69, 9.17) is 9.84 Å². The number of aromatic nitrogens is 5. The number of hydrogen-bond donors (Lipinski definition) is 0. The molecule has 1 saturated heterocycles. The first kappa shape index (κ1) is 23.4. The van der Waals surface area contributed by atoms with Crippen LogP contribution in [0.4, 0.5) is 4.39 Å². The lowest BCUT2D eigenvalue weighted by Gasteiger charge is -2.31. The maximum absolute atomic E-state index is 15.0. The summed E-state index contributed by atoms with van der Waals surface area (Å²) in [5.74, 6) is 0.434. The maximum atomic E-state index is 15.0. The fourth-order valence-electron chi connectivity index (χ4n) is 5.03. The lowest BCUT2D eigenvalue weighted by atomic mass is 9.92. The smallest absolute Gasteiger partial charge is 0.152 e. The normalized spacial score (nSPS) is 15.1. The Kier molecular flexibility index (Phi) is 6.72. The zero-order valence-electron chi connectivity index (χ0n) is 20.5. The van der Waals surface area contributed by atoms with E-state index in [1.54, 1.807) is 16.8 Å². The molecule has 5 rings (SSSR count). The van der Waals surface area contributed by atoms with Crippen molar-refractivity contribution in [1.82, 2.24) is 29.9 Å². The summed E-state index contributed by atoms with van der Waals surface area (Å²) < 4.78 is 22.1. The number of hydrogen-bond acceptors (Lipinski definition) is 6. The molecule has 0 amide bonds. The fourth-order valence-corrected chi connectivity index (χ4v) is 5.03. The quantitative estimate of drug-likeness (QED) is 0.384. The standard InChI is InChI=1S/C27H31FN6O/c1-4-35-22-5-6-24(23(28)17-22)34-19(3)25-18(2)30-31-26(27(25)32-34)21-10-15-33(16-11-21)14-9-20-7-12-29-13-8-20/h5-8,12-13,17,21H,4,9-11,14-16H2,1-3H3. The summed E-state index contributed by atoms with van der Waals surface area (Å²) in [7, 11) is 0. The van der Waals surface area contributed by atoms with Crippen LogP contribution in [0.3, 0.4) is 0 Å². The van der Waals surface area contributed by atoms with Crippen molar-refractivity contribution in [3.8, 4) is 11.4 Å². The zero-order chi connectivity index (χ0) is 24.4. The van der Waals surface area contributed by atoms with Crippen LogP contribution in [0.2, 0.25) is 0 Å². The molecular formula is C27H31FN6O. The molecular weight excluding hydrogens is 443 g/mol. The number of pyridine rings is 1. The molecule has 0 aliphatic carbocycles. The van der Waals surface area contributed by atoms with Crippen LogP contribution >= 0.6 is 0 Å². The van der Waals surface area contributed by atoms with E-state index >= 15 is 0 Å². The van der Waals surface area contributed by atoms with E-state index in [-0.39, 0.29) is 11.7 Å². The highest BCUT2D eigenvalue weighted by atomic mass is 19.1. The van der Waals surface area contributed by atoms with Gasteiger partial charge < -0.3 is 9.64 Å². The molecule has 0 N–H and O–H groups in total. The number of nitrogens with zero attached hydrogens (tertiary/aromatic N) is 6. The Bertz CT molecular complexity index is 1310. The molecule has 0 atom stereocenters. The van der Waals surface area contributed by atoms with Crippen molar-refractivity contribution in [2.45, 2.75) is 46.0 Å². The van der Waals surface area contributed by atoms with Crippen LogP contribution in [0.5, 0.6) is 5.75 Å². The minimum absolute atomic E-state index is 0.288. The third kappa shape index (κ3) is 4.75. The topological polar surface area (TPSA) is 69.0 Å². The van der Waals surface area contributed by atoms with Crippen LogP contribution in [0.25, 0.3) is 16.6 Å². The lowest BCUT2D eigenvalue weighted by molar-refractivity contribution is 0.213. The molecule has 35 heavy (non-hydrogen) atoms. The SMILES string of the molecule is CCOc1ccc(-n2nc3c(C4CCN(CCc5ccncc5)CC4)nnc(C)c3c2C)c(F)c1. The average molecular weight is 475 g/mol. The first-order valence-corrected chi connectivity index (χ1v) is 12.3. The van der Waals surface area contributed by atoms with Gasteiger partial charge in [0.2, 0.25) is 0 Å². The second-order valence-electron chi connectivity index (χ2n) is 9.16. The Labute approximate surface area is 205 Å². The number of ether oxygens (including phenoxy) is 1. The van der Waals surface area contributed by atoms with Gasteiger partial charge >= 0.3 is 0 Å². The summed E-state index contributed by atoms with van der Waals surface area (Å²) in [6, 6.07) is 9.07. The van der Waals surface area contributed by atoms with Gasteiger partial charge in [0.1, 0.15) is 17.0 Å². The highest BCUT2D eigenvalue weighted by molar-refractivity contribution is 5.86. The first-order valence-electron chi connectivity index (χ1n) is 12.3. The van der Waals surface area contributed by atoms with Gasteiger partial charge in [-0.15, -0.1) is 0 Å². The molecule has 1 aromatic carbocycles. The van der Waals surface area contributed by atoms with Crippen molar-refractivity contribution in [3.63, 3.8) is 0 Å². The van der Waals surface area contributed by atoms with E-state index < -0.39 is 0 Å². The average Bonchev–Trinajstić information content (AvgIpc) is 3.22. The van der Waals surface area contributed by atoms with Crippen LogP contribution in [0.1, 0.15) is 48.3 Å². The number of rotatable bonds is 7. The van der Waals surface area contributed by atoms with Crippen molar-refractivity contribution < 1.29 is 9.13 Å². The predicted molar refractivity (Wildman–Crippen MR) is 134 cm³/mol. The van der Waals surface area contributed by atoms with Crippen molar-refractivity contribution in [1.29, 1.82) is 0 Å². The van der Waals surface area contributed by atoms with Crippen LogP contribution < -0.4 is 4.74 Å². The van der Waals surface area contributed by atoms with Gasteiger partial charge in [0.05, 0.1) is 23.7 Å². The van der Waals surface area contributed by atoms with Crippen LogP contribution in [-0.4, -0.2) is 56.1 Å². The van der Waals surface area contributed by atoms with Gasteiger partial charge in [0, 0.05) is 36.3 Å². The molecule has 0 saturated carbocycles.